The fourth-order valence-corrected chi connectivity index (χ4v) is 2.16. The molecule has 3 N–H and O–H groups in total. The van der Waals surface area contributed by atoms with Crippen LogP contribution in [0.5, 0.6) is 0 Å². The van der Waals surface area contributed by atoms with E-state index in [1.54, 1.807) is 0 Å². The van der Waals surface area contributed by atoms with Gasteiger partial charge in [0.05, 0.1) is 0 Å². The van der Waals surface area contributed by atoms with Crippen LogP contribution in [0.3, 0.4) is 0 Å². The largest absolute Gasteiger partial charge is 0.348 e. The Bertz CT molecular complexity index is 595. The Balaban J connectivity index is 0.00000200. The molecule has 8 heteroatoms. The van der Waals surface area contributed by atoms with Gasteiger partial charge in [-0.3, -0.25) is 14.2 Å². The molecule has 0 bridgehead atoms. The number of amides is 1. The van der Waals surface area contributed by atoms with Gasteiger partial charge in [-0.25, -0.2) is 4.79 Å². The first-order chi connectivity index (χ1) is 9.00. The van der Waals surface area contributed by atoms with Gasteiger partial charge in [0.15, 0.2) is 0 Å². The van der Waals surface area contributed by atoms with Crippen LogP contribution < -0.4 is 21.9 Å². The van der Waals surface area contributed by atoms with Crippen molar-refractivity contribution in [3.8, 4) is 0 Å². The number of rotatable bonds is 2. The minimum atomic E-state index is -0.585. The molecule has 1 aromatic heterocycles. The zero-order chi connectivity index (χ0) is 14.0. The van der Waals surface area contributed by atoms with E-state index in [1.165, 1.54) is 13.2 Å². The zero-order valence-corrected chi connectivity index (χ0v) is 12.3. The van der Waals surface area contributed by atoms with Crippen LogP contribution in [-0.2, 0) is 7.05 Å². The fraction of sp³-hybridized carbons (Fsp3) is 0.583. The summed E-state index contributed by atoms with van der Waals surface area (Å²) in [7, 11) is 1.34. The Kier molecular flexibility index (Phi) is 5.52. The van der Waals surface area contributed by atoms with E-state index in [0.29, 0.717) is 12.5 Å². The Hall–Kier alpha value is -1.60. The topological polar surface area (TPSA) is 96.0 Å². The van der Waals surface area contributed by atoms with Crippen molar-refractivity contribution in [1.82, 2.24) is 20.2 Å². The Morgan fingerprint density at radius 3 is 2.80 bits per heavy atom. The van der Waals surface area contributed by atoms with Crippen LogP contribution in [0.25, 0.3) is 0 Å². The maximum absolute atomic E-state index is 12.1. The minimum Gasteiger partial charge on any atom is -0.348 e. The molecule has 0 radical (unpaired) electrons. The Labute approximate surface area is 122 Å². The highest BCUT2D eigenvalue weighted by atomic mass is 35.5. The fourth-order valence-electron chi connectivity index (χ4n) is 2.16. The number of piperidine rings is 1. The smallest absolute Gasteiger partial charge is 0.328 e. The summed E-state index contributed by atoms with van der Waals surface area (Å²) in [4.78, 5) is 37.5. The van der Waals surface area contributed by atoms with E-state index in [-0.39, 0.29) is 24.0 Å². The van der Waals surface area contributed by atoms with Gasteiger partial charge in [0.1, 0.15) is 5.56 Å². The van der Waals surface area contributed by atoms with E-state index in [9.17, 15) is 14.4 Å². The molecule has 2 atom stereocenters. The molecule has 0 aromatic carbocycles. The molecular formula is C12H19ClN4O3. The molecule has 7 nitrogen and oxygen atoms in total. The summed E-state index contributed by atoms with van der Waals surface area (Å²) < 4.78 is 0.886. The average Bonchev–Trinajstić information content (AvgIpc) is 2.39. The van der Waals surface area contributed by atoms with Crippen molar-refractivity contribution >= 4 is 18.3 Å². The van der Waals surface area contributed by atoms with Crippen molar-refractivity contribution in [1.29, 1.82) is 0 Å². The normalized spacial score (nSPS) is 21.9. The van der Waals surface area contributed by atoms with Gasteiger partial charge >= 0.3 is 5.69 Å². The van der Waals surface area contributed by atoms with Crippen molar-refractivity contribution in [3.63, 3.8) is 0 Å². The summed E-state index contributed by atoms with van der Waals surface area (Å²) in [5.74, 6) is -0.0887. The van der Waals surface area contributed by atoms with Crippen LogP contribution in [0.15, 0.2) is 15.8 Å². The molecule has 2 rings (SSSR count). The van der Waals surface area contributed by atoms with Crippen LogP contribution in [0.2, 0.25) is 0 Å². The van der Waals surface area contributed by atoms with Gasteiger partial charge in [0.25, 0.3) is 11.5 Å². The number of carbonyl (C=O) groups is 1. The van der Waals surface area contributed by atoms with Crippen molar-refractivity contribution in [3.05, 3.63) is 32.6 Å². The van der Waals surface area contributed by atoms with Gasteiger partial charge in [-0.15, -0.1) is 12.4 Å². The lowest BCUT2D eigenvalue weighted by Crippen LogP contribution is -2.51. The van der Waals surface area contributed by atoms with Gasteiger partial charge in [-0.1, -0.05) is 6.92 Å². The summed E-state index contributed by atoms with van der Waals surface area (Å²) in [6, 6.07) is -0.00196. The maximum Gasteiger partial charge on any atom is 0.328 e. The van der Waals surface area contributed by atoms with Gasteiger partial charge in [-0.2, -0.15) is 0 Å². The van der Waals surface area contributed by atoms with E-state index in [4.69, 9.17) is 0 Å². The molecule has 20 heavy (non-hydrogen) atoms. The third-order valence-electron chi connectivity index (χ3n) is 3.57. The lowest BCUT2D eigenvalue weighted by atomic mass is 9.94. The second-order valence-electron chi connectivity index (χ2n) is 4.92. The minimum absolute atomic E-state index is 0. The van der Waals surface area contributed by atoms with Gasteiger partial charge in [-0.05, 0) is 18.9 Å². The molecule has 1 amide bonds. The molecule has 1 aliphatic heterocycles. The lowest BCUT2D eigenvalue weighted by molar-refractivity contribution is 0.0912. The van der Waals surface area contributed by atoms with E-state index >= 15 is 0 Å². The predicted octanol–water partition coefficient (Wildman–Crippen LogP) is -0.777. The Morgan fingerprint density at radius 1 is 1.45 bits per heavy atom. The molecule has 0 saturated carbocycles. The van der Waals surface area contributed by atoms with Crippen molar-refractivity contribution < 1.29 is 4.79 Å². The van der Waals surface area contributed by atoms with E-state index < -0.39 is 17.2 Å². The second kappa shape index (κ2) is 6.71. The van der Waals surface area contributed by atoms with Crippen LogP contribution in [0, 0.1) is 5.92 Å². The highest BCUT2D eigenvalue weighted by Crippen LogP contribution is 2.11. The van der Waals surface area contributed by atoms with E-state index in [2.05, 4.69) is 22.5 Å². The predicted molar refractivity (Wildman–Crippen MR) is 77.5 cm³/mol. The first-order valence-corrected chi connectivity index (χ1v) is 6.31. The maximum atomic E-state index is 12.1. The SMILES string of the molecule is CC1CCNCC1NC(=O)c1c[nH]c(=O)n(C)c1=O.Cl. The molecule has 1 fully saturated rings. The summed E-state index contributed by atoms with van der Waals surface area (Å²) in [6.07, 6.45) is 2.15. The second-order valence-corrected chi connectivity index (χ2v) is 4.92. The number of nitrogens with one attached hydrogen (secondary N) is 3. The van der Waals surface area contributed by atoms with Crippen LogP contribution in [-0.4, -0.2) is 34.6 Å². The highest BCUT2D eigenvalue weighted by molar-refractivity contribution is 5.93. The number of hydrogen-bond acceptors (Lipinski definition) is 4. The quantitative estimate of drug-likeness (QED) is 0.668. The van der Waals surface area contributed by atoms with E-state index in [1.807, 2.05) is 0 Å². The molecule has 0 spiro atoms. The monoisotopic (exact) mass is 302 g/mol. The lowest BCUT2D eigenvalue weighted by Gasteiger charge is -2.30. The third-order valence-corrected chi connectivity index (χ3v) is 3.57. The molecule has 1 saturated heterocycles. The van der Waals surface area contributed by atoms with E-state index in [0.717, 1.165) is 17.5 Å². The van der Waals surface area contributed by atoms with Crippen molar-refractivity contribution in [2.75, 3.05) is 13.1 Å². The molecule has 112 valence electrons. The van der Waals surface area contributed by atoms with Crippen LogP contribution >= 0.6 is 12.4 Å². The zero-order valence-electron chi connectivity index (χ0n) is 11.4. The number of aromatic nitrogens is 2. The standard InChI is InChI=1S/C12H18N4O3.ClH/c1-7-3-4-13-6-9(7)15-10(17)8-5-14-12(19)16(2)11(8)18;/h5,7,9,13H,3-4,6H2,1-2H3,(H,14,19)(H,15,17);1H. The first kappa shape index (κ1) is 16.5. The summed E-state index contributed by atoms with van der Waals surface area (Å²) in [6.45, 7) is 3.70. The summed E-state index contributed by atoms with van der Waals surface area (Å²) in [5, 5.41) is 6.04. The molecular weight excluding hydrogens is 284 g/mol. The number of H-pyrrole nitrogens is 1. The number of nitrogens with zero attached hydrogens (tertiary/aromatic N) is 1. The Morgan fingerprint density at radius 2 is 2.15 bits per heavy atom. The first-order valence-electron chi connectivity index (χ1n) is 6.31. The highest BCUT2D eigenvalue weighted by Gasteiger charge is 2.24. The molecule has 1 aliphatic rings. The molecule has 1 aromatic rings. The van der Waals surface area contributed by atoms with Crippen LogP contribution in [0.4, 0.5) is 0 Å². The number of hydrogen-bond donors (Lipinski definition) is 3. The third kappa shape index (κ3) is 3.29. The summed E-state index contributed by atoms with van der Waals surface area (Å²) in [5.41, 5.74) is -1.16. The summed E-state index contributed by atoms with van der Waals surface area (Å²) >= 11 is 0. The van der Waals surface area contributed by atoms with Gasteiger partial charge in [0.2, 0.25) is 0 Å². The van der Waals surface area contributed by atoms with Gasteiger partial charge in [0, 0.05) is 25.8 Å². The van der Waals surface area contributed by atoms with Crippen LogP contribution in [0.1, 0.15) is 23.7 Å². The number of halogens is 1. The van der Waals surface area contributed by atoms with Crippen molar-refractivity contribution in [2.24, 2.45) is 13.0 Å². The molecule has 0 aliphatic carbocycles. The average molecular weight is 303 g/mol. The molecule has 2 heterocycles. The van der Waals surface area contributed by atoms with Gasteiger partial charge < -0.3 is 15.6 Å². The number of aromatic amines is 1. The van der Waals surface area contributed by atoms with Crippen molar-refractivity contribution in [2.45, 2.75) is 19.4 Å². The molecule has 2 unspecified atom stereocenters. The number of carbonyl (C=O) groups excluding carboxylic acids is 1.